The minimum atomic E-state index is -0.421. The van der Waals surface area contributed by atoms with Crippen molar-refractivity contribution in [3.63, 3.8) is 0 Å². The van der Waals surface area contributed by atoms with Crippen molar-refractivity contribution in [2.24, 2.45) is 28.3 Å². The molecular formula is C16H19N3O3S. The van der Waals surface area contributed by atoms with Gasteiger partial charge >= 0.3 is 5.00 Å². The van der Waals surface area contributed by atoms with Crippen LogP contribution in [0.3, 0.4) is 0 Å². The summed E-state index contributed by atoms with van der Waals surface area (Å²) in [6.45, 7) is 0. The molecule has 6 nitrogen and oxygen atoms in total. The SMILES string of the molecule is O=C(N/N=C/c1ccc([N+](=O)[O-])s1)C12CC3CC(CC(C3)C1)C2. The number of hydrazone groups is 1. The van der Waals surface area contributed by atoms with Gasteiger partial charge < -0.3 is 0 Å². The standard InChI is InChI=1S/C16H19N3O3S/c20-15(18-17-9-13-1-2-14(23-13)19(21)22)16-6-10-3-11(7-16)5-12(4-10)8-16/h1-2,9-12H,3-8H2,(H,18,20)/b17-9+. The summed E-state index contributed by atoms with van der Waals surface area (Å²) in [5.74, 6) is 2.20. The summed E-state index contributed by atoms with van der Waals surface area (Å²) in [6, 6.07) is 3.09. The third kappa shape index (κ3) is 2.67. The Morgan fingerprint density at radius 3 is 2.39 bits per heavy atom. The average Bonchev–Trinajstić information content (AvgIpc) is 2.95. The molecule has 4 saturated carbocycles. The molecule has 4 fully saturated rings. The summed E-state index contributed by atoms with van der Waals surface area (Å²) in [5, 5.41) is 14.8. The Kier molecular flexibility index (Phi) is 3.48. The number of carbonyl (C=O) groups excluding carboxylic acids is 1. The number of thiophene rings is 1. The molecule has 4 aliphatic carbocycles. The van der Waals surface area contributed by atoms with Crippen molar-refractivity contribution in [2.75, 3.05) is 0 Å². The summed E-state index contributed by atoms with van der Waals surface area (Å²) in [7, 11) is 0. The molecule has 5 rings (SSSR count). The number of hydrogen-bond acceptors (Lipinski definition) is 5. The molecule has 1 amide bonds. The van der Waals surface area contributed by atoms with E-state index in [1.807, 2.05) is 0 Å². The maximum atomic E-state index is 12.7. The topological polar surface area (TPSA) is 84.6 Å². The third-order valence-electron chi connectivity index (χ3n) is 5.67. The van der Waals surface area contributed by atoms with Gasteiger partial charge in [0.05, 0.1) is 21.4 Å². The molecule has 0 aliphatic heterocycles. The van der Waals surface area contributed by atoms with Gasteiger partial charge in [0.1, 0.15) is 0 Å². The van der Waals surface area contributed by atoms with Gasteiger partial charge in [-0.3, -0.25) is 14.9 Å². The Morgan fingerprint density at radius 2 is 1.87 bits per heavy atom. The molecule has 0 unspecified atom stereocenters. The van der Waals surface area contributed by atoms with E-state index < -0.39 is 4.92 Å². The van der Waals surface area contributed by atoms with Gasteiger partial charge in [-0.05, 0) is 62.3 Å². The van der Waals surface area contributed by atoms with E-state index in [1.54, 1.807) is 6.07 Å². The Labute approximate surface area is 138 Å². The van der Waals surface area contributed by atoms with Crippen LogP contribution in [0.4, 0.5) is 5.00 Å². The highest BCUT2D eigenvalue weighted by Gasteiger charge is 2.54. The fraction of sp³-hybridized carbons (Fsp3) is 0.625. The summed E-state index contributed by atoms with van der Waals surface area (Å²) in [4.78, 5) is 23.6. The quantitative estimate of drug-likeness (QED) is 0.521. The molecule has 1 aromatic heterocycles. The lowest BCUT2D eigenvalue weighted by Gasteiger charge is -2.55. The van der Waals surface area contributed by atoms with Gasteiger partial charge in [-0.25, -0.2) is 5.43 Å². The highest BCUT2D eigenvalue weighted by molar-refractivity contribution is 7.16. The third-order valence-corrected chi connectivity index (χ3v) is 6.64. The van der Waals surface area contributed by atoms with Crippen LogP contribution in [-0.2, 0) is 4.79 Å². The zero-order chi connectivity index (χ0) is 16.0. The molecule has 0 radical (unpaired) electrons. The largest absolute Gasteiger partial charge is 0.324 e. The maximum absolute atomic E-state index is 12.7. The van der Waals surface area contributed by atoms with Crippen molar-refractivity contribution in [3.8, 4) is 0 Å². The van der Waals surface area contributed by atoms with E-state index in [4.69, 9.17) is 0 Å². The maximum Gasteiger partial charge on any atom is 0.324 e. The Morgan fingerprint density at radius 1 is 1.26 bits per heavy atom. The van der Waals surface area contributed by atoms with Crippen LogP contribution in [0.1, 0.15) is 43.4 Å². The second kappa shape index (κ2) is 5.40. The van der Waals surface area contributed by atoms with Gasteiger partial charge in [-0.1, -0.05) is 11.3 Å². The minimum Gasteiger partial charge on any atom is -0.273 e. The van der Waals surface area contributed by atoms with Crippen molar-refractivity contribution < 1.29 is 9.72 Å². The number of nitrogens with one attached hydrogen (secondary N) is 1. The minimum absolute atomic E-state index is 0.0407. The van der Waals surface area contributed by atoms with Crippen LogP contribution < -0.4 is 5.43 Å². The number of rotatable bonds is 4. The fourth-order valence-electron chi connectivity index (χ4n) is 5.17. The lowest BCUT2D eigenvalue weighted by atomic mass is 9.49. The first-order valence-corrected chi connectivity index (χ1v) is 8.93. The predicted octanol–water partition coefficient (Wildman–Crippen LogP) is 3.32. The van der Waals surface area contributed by atoms with E-state index in [0.29, 0.717) is 4.88 Å². The van der Waals surface area contributed by atoms with Crippen LogP contribution in [0.15, 0.2) is 17.2 Å². The van der Waals surface area contributed by atoms with Gasteiger partial charge in [0.2, 0.25) is 5.91 Å². The zero-order valence-electron chi connectivity index (χ0n) is 12.7. The molecule has 0 atom stereocenters. The van der Waals surface area contributed by atoms with Crippen LogP contribution in [-0.4, -0.2) is 17.0 Å². The van der Waals surface area contributed by atoms with E-state index in [2.05, 4.69) is 10.5 Å². The van der Waals surface area contributed by atoms with Crippen molar-refractivity contribution in [1.82, 2.24) is 5.43 Å². The van der Waals surface area contributed by atoms with E-state index in [0.717, 1.165) is 48.4 Å². The number of hydrogen-bond donors (Lipinski definition) is 1. The van der Waals surface area contributed by atoms with Crippen molar-refractivity contribution in [1.29, 1.82) is 0 Å². The van der Waals surface area contributed by atoms with Crippen molar-refractivity contribution in [2.45, 2.75) is 38.5 Å². The highest BCUT2D eigenvalue weighted by Crippen LogP contribution is 2.60. The van der Waals surface area contributed by atoms with Gasteiger partial charge in [0.15, 0.2) is 0 Å². The molecule has 122 valence electrons. The van der Waals surface area contributed by atoms with E-state index in [-0.39, 0.29) is 16.3 Å². The normalized spacial score (nSPS) is 34.9. The Balaban J connectivity index is 1.42. The monoisotopic (exact) mass is 333 g/mol. The Hall–Kier alpha value is -1.76. The van der Waals surface area contributed by atoms with Gasteiger partial charge in [-0.15, -0.1) is 0 Å². The molecular weight excluding hydrogens is 314 g/mol. The molecule has 1 aromatic rings. The van der Waals surface area contributed by atoms with Crippen molar-refractivity contribution >= 4 is 28.5 Å². The van der Waals surface area contributed by atoms with Gasteiger partial charge in [0, 0.05) is 6.07 Å². The predicted molar refractivity (Wildman–Crippen MR) is 87.3 cm³/mol. The van der Waals surface area contributed by atoms with Crippen LogP contribution in [0.25, 0.3) is 0 Å². The highest BCUT2D eigenvalue weighted by atomic mass is 32.1. The zero-order valence-corrected chi connectivity index (χ0v) is 13.6. The summed E-state index contributed by atoms with van der Waals surface area (Å²) in [5.41, 5.74) is 2.48. The average molecular weight is 333 g/mol. The molecule has 4 bridgehead atoms. The summed E-state index contributed by atoms with van der Waals surface area (Å²) in [6.07, 6.45) is 8.41. The van der Waals surface area contributed by atoms with Gasteiger partial charge in [-0.2, -0.15) is 5.10 Å². The summed E-state index contributed by atoms with van der Waals surface area (Å²) >= 11 is 1.05. The molecule has 0 spiro atoms. The Bertz CT molecular complexity index is 647. The molecule has 1 N–H and O–H groups in total. The van der Waals surface area contributed by atoms with E-state index in [1.165, 1.54) is 31.5 Å². The number of carbonyl (C=O) groups is 1. The smallest absolute Gasteiger partial charge is 0.273 e. The van der Waals surface area contributed by atoms with Crippen LogP contribution >= 0.6 is 11.3 Å². The lowest BCUT2D eigenvalue weighted by molar-refractivity contribution is -0.380. The summed E-state index contributed by atoms with van der Waals surface area (Å²) < 4.78 is 0. The van der Waals surface area contributed by atoms with Crippen molar-refractivity contribution in [3.05, 3.63) is 27.1 Å². The van der Waals surface area contributed by atoms with E-state index >= 15 is 0 Å². The van der Waals surface area contributed by atoms with Gasteiger partial charge in [0.25, 0.3) is 0 Å². The molecule has 7 heteroatoms. The molecule has 0 aromatic carbocycles. The number of amides is 1. The number of nitrogens with zero attached hydrogens (tertiary/aromatic N) is 2. The van der Waals surface area contributed by atoms with Crippen LogP contribution in [0.5, 0.6) is 0 Å². The first kappa shape index (κ1) is 14.8. The van der Waals surface area contributed by atoms with E-state index in [9.17, 15) is 14.9 Å². The van der Waals surface area contributed by atoms with Crippen LogP contribution in [0, 0.1) is 33.3 Å². The second-order valence-corrected chi connectivity index (χ2v) is 8.42. The number of nitro groups is 1. The molecule has 0 saturated heterocycles. The fourth-order valence-corrected chi connectivity index (χ4v) is 5.87. The first-order chi connectivity index (χ1) is 11.0. The van der Waals surface area contributed by atoms with Crippen LogP contribution in [0.2, 0.25) is 0 Å². The molecule has 23 heavy (non-hydrogen) atoms. The lowest BCUT2D eigenvalue weighted by Crippen LogP contribution is -2.52. The first-order valence-electron chi connectivity index (χ1n) is 8.12. The second-order valence-electron chi connectivity index (χ2n) is 7.33. The molecule has 4 aliphatic rings. The molecule has 1 heterocycles.